The van der Waals surface area contributed by atoms with Crippen molar-refractivity contribution in [1.82, 2.24) is 15.4 Å². The minimum Gasteiger partial charge on any atom is -0.449 e. The molecule has 94 valence electrons. The van der Waals surface area contributed by atoms with Gasteiger partial charge >= 0.3 is 6.09 Å². The number of nitrogens with one attached hydrogen (secondary N) is 2. The lowest BCUT2D eigenvalue weighted by Crippen LogP contribution is -2.20. The van der Waals surface area contributed by atoms with Crippen LogP contribution in [-0.4, -0.2) is 28.4 Å². The van der Waals surface area contributed by atoms with Gasteiger partial charge in [-0.1, -0.05) is 12.1 Å². The normalized spacial score (nSPS) is 11.6. The lowest BCUT2D eigenvalue weighted by atomic mass is 10.3. The van der Waals surface area contributed by atoms with E-state index in [1.54, 1.807) is 13.8 Å². The zero-order valence-electron chi connectivity index (χ0n) is 10.2. The lowest BCUT2D eigenvalue weighted by molar-refractivity contribution is 0.152. The predicted molar refractivity (Wildman–Crippen MR) is 68.5 cm³/mol. The van der Waals surface area contributed by atoms with E-state index in [0.717, 1.165) is 11.0 Å². The molecule has 0 saturated heterocycles. The Morgan fingerprint density at radius 1 is 1.50 bits per heavy atom. The second kappa shape index (κ2) is 5.31. The molecule has 2 aromatic rings. The quantitative estimate of drug-likeness (QED) is 0.642. The number of carbonyl (C=O) groups is 1. The van der Waals surface area contributed by atoms with Crippen molar-refractivity contribution in [1.29, 1.82) is 0 Å². The molecule has 0 saturated carbocycles. The molecule has 0 spiro atoms. The summed E-state index contributed by atoms with van der Waals surface area (Å²) in [6, 6.07) is 7.67. The van der Waals surface area contributed by atoms with Crippen molar-refractivity contribution < 1.29 is 9.53 Å². The van der Waals surface area contributed by atoms with E-state index in [-0.39, 0.29) is 0 Å². The van der Waals surface area contributed by atoms with Gasteiger partial charge in [0.15, 0.2) is 5.82 Å². The van der Waals surface area contributed by atoms with Crippen LogP contribution in [0.3, 0.4) is 0 Å². The van der Waals surface area contributed by atoms with Crippen molar-refractivity contribution in [2.45, 2.75) is 13.8 Å². The van der Waals surface area contributed by atoms with Crippen LogP contribution >= 0.6 is 0 Å². The summed E-state index contributed by atoms with van der Waals surface area (Å²) in [6.07, 6.45) is -0.576. The standard InChI is InChI=1S/C12H14N4O2/c1-3-18-12(17)16-15-8(2)11-13-9-6-4-5-7-10(9)14-11/h4-7H,3H2,1-2H3,(H,13,14)(H,16,17)/b15-8+. The molecule has 0 bridgehead atoms. The molecule has 6 nitrogen and oxygen atoms in total. The van der Waals surface area contributed by atoms with Gasteiger partial charge in [0.05, 0.1) is 17.6 Å². The Labute approximate surface area is 104 Å². The predicted octanol–water partition coefficient (Wildman–Crippen LogP) is 2.03. The Bertz CT molecular complexity index is 556. The third-order valence-corrected chi connectivity index (χ3v) is 2.32. The van der Waals surface area contributed by atoms with Gasteiger partial charge in [0.25, 0.3) is 0 Å². The Morgan fingerprint density at radius 2 is 2.28 bits per heavy atom. The highest BCUT2D eigenvalue weighted by molar-refractivity contribution is 5.98. The van der Waals surface area contributed by atoms with Crippen molar-refractivity contribution in [3.05, 3.63) is 30.1 Å². The number of imidazole rings is 1. The van der Waals surface area contributed by atoms with Crippen LogP contribution in [0.4, 0.5) is 4.79 Å². The largest absolute Gasteiger partial charge is 0.449 e. The zero-order chi connectivity index (χ0) is 13.0. The summed E-state index contributed by atoms with van der Waals surface area (Å²) in [4.78, 5) is 18.6. The number of hydrazone groups is 1. The van der Waals surface area contributed by atoms with E-state index in [2.05, 4.69) is 20.5 Å². The molecule has 0 aliphatic carbocycles. The lowest BCUT2D eigenvalue weighted by Gasteiger charge is -2.00. The SMILES string of the molecule is CCOC(=O)N/N=C(\C)c1nc2ccccc2[nH]1. The first-order valence-corrected chi connectivity index (χ1v) is 5.63. The average molecular weight is 246 g/mol. The molecule has 1 heterocycles. The first kappa shape index (κ1) is 12.1. The number of nitrogens with zero attached hydrogens (tertiary/aromatic N) is 2. The Kier molecular flexibility index (Phi) is 3.57. The number of para-hydroxylation sites is 2. The van der Waals surface area contributed by atoms with E-state index in [1.807, 2.05) is 24.3 Å². The van der Waals surface area contributed by atoms with E-state index in [9.17, 15) is 4.79 Å². The number of benzene rings is 1. The fourth-order valence-electron chi connectivity index (χ4n) is 1.47. The minimum atomic E-state index is -0.576. The monoisotopic (exact) mass is 246 g/mol. The molecule has 0 aliphatic rings. The first-order valence-electron chi connectivity index (χ1n) is 5.63. The molecule has 1 amide bonds. The number of fused-ring (bicyclic) bond motifs is 1. The van der Waals surface area contributed by atoms with Gasteiger partial charge in [-0.25, -0.2) is 15.2 Å². The molecule has 0 unspecified atom stereocenters. The number of hydrogen-bond acceptors (Lipinski definition) is 4. The molecule has 0 radical (unpaired) electrons. The van der Waals surface area contributed by atoms with Crippen LogP contribution in [-0.2, 0) is 4.74 Å². The van der Waals surface area contributed by atoms with Gasteiger partial charge in [0.1, 0.15) is 5.71 Å². The number of hydrogen-bond donors (Lipinski definition) is 2. The molecule has 0 aliphatic heterocycles. The summed E-state index contributed by atoms with van der Waals surface area (Å²) >= 11 is 0. The highest BCUT2D eigenvalue weighted by atomic mass is 16.5. The van der Waals surface area contributed by atoms with Crippen LogP contribution in [0.15, 0.2) is 29.4 Å². The van der Waals surface area contributed by atoms with Gasteiger partial charge in [0, 0.05) is 0 Å². The number of rotatable bonds is 3. The number of H-pyrrole nitrogens is 1. The van der Waals surface area contributed by atoms with E-state index >= 15 is 0 Å². The average Bonchev–Trinajstić information content (AvgIpc) is 2.80. The highest BCUT2D eigenvalue weighted by Gasteiger charge is 2.05. The molecule has 2 N–H and O–H groups in total. The van der Waals surface area contributed by atoms with Crippen molar-refractivity contribution in [2.24, 2.45) is 5.10 Å². The third-order valence-electron chi connectivity index (χ3n) is 2.32. The molecule has 6 heteroatoms. The van der Waals surface area contributed by atoms with Crippen LogP contribution < -0.4 is 5.43 Å². The Hall–Kier alpha value is -2.37. The summed E-state index contributed by atoms with van der Waals surface area (Å²) in [7, 11) is 0. The Morgan fingerprint density at radius 3 is 3.00 bits per heavy atom. The molecule has 0 atom stereocenters. The highest BCUT2D eigenvalue weighted by Crippen LogP contribution is 2.10. The summed E-state index contributed by atoms with van der Waals surface area (Å²) in [5.74, 6) is 0.619. The maximum absolute atomic E-state index is 11.1. The first-order chi connectivity index (χ1) is 8.70. The number of ether oxygens (including phenoxy) is 1. The number of aromatic nitrogens is 2. The van der Waals surface area contributed by atoms with E-state index in [0.29, 0.717) is 18.1 Å². The molecular formula is C12H14N4O2. The van der Waals surface area contributed by atoms with Crippen molar-refractivity contribution in [3.63, 3.8) is 0 Å². The van der Waals surface area contributed by atoms with Gasteiger partial charge in [-0.2, -0.15) is 5.10 Å². The van der Waals surface area contributed by atoms with Crippen LogP contribution in [0.1, 0.15) is 19.7 Å². The molecule has 1 aromatic heterocycles. The van der Waals surface area contributed by atoms with E-state index in [4.69, 9.17) is 4.74 Å². The van der Waals surface area contributed by atoms with Crippen molar-refractivity contribution >= 4 is 22.8 Å². The van der Waals surface area contributed by atoms with Gasteiger partial charge in [-0.3, -0.25) is 0 Å². The zero-order valence-corrected chi connectivity index (χ0v) is 10.2. The molecule has 0 fully saturated rings. The van der Waals surface area contributed by atoms with Crippen LogP contribution in [0.2, 0.25) is 0 Å². The third kappa shape index (κ3) is 2.65. The van der Waals surface area contributed by atoms with Crippen molar-refractivity contribution in [3.8, 4) is 0 Å². The Balaban J connectivity index is 2.15. The number of amides is 1. The smallest absolute Gasteiger partial charge is 0.427 e. The van der Waals surface area contributed by atoms with Gasteiger partial charge in [-0.05, 0) is 26.0 Å². The fraction of sp³-hybridized carbons (Fsp3) is 0.250. The maximum atomic E-state index is 11.1. The summed E-state index contributed by atoms with van der Waals surface area (Å²) in [6.45, 7) is 3.80. The summed E-state index contributed by atoms with van der Waals surface area (Å²) in [5, 5.41) is 3.91. The van der Waals surface area contributed by atoms with Gasteiger partial charge < -0.3 is 9.72 Å². The van der Waals surface area contributed by atoms with E-state index in [1.165, 1.54) is 0 Å². The van der Waals surface area contributed by atoms with Gasteiger partial charge in [0.2, 0.25) is 0 Å². The summed E-state index contributed by atoms with van der Waals surface area (Å²) < 4.78 is 4.70. The van der Waals surface area contributed by atoms with Crippen LogP contribution in [0, 0.1) is 0 Å². The van der Waals surface area contributed by atoms with E-state index < -0.39 is 6.09 Å². The fourth-order valence-corrected chi connectivity index (χ4v) is 1.47. The maximum Gasteiger partial charge on any atom is 0.427 e. The topological polar surface area (TPSA) is 79.4 Å². The minimum absolute atomic E-state index is 0.311. The molecule has 2 rings (SSSR count). The number of carbonyl (C=O) groups excluding carboxylic acids is 1. The van der Waals surface area contributed by atoms with Crippen LogP contribution in [0.5, 0.6) is 0 Å². The molecule has 1 aromatic carbocycles. The molecule has 18 heavy (non-hydrogen) atoms. The second-order valence-corrected chi connectivity index (χ2v) is 3.63. The molecular weight excluding hydrogens is 232 g/mol. The van der Waals surface area contributed by atoms with Crippen molar-refractivity contribution in [2.75, 3.05) is 6.61 Å². The van der Waals surface area contributed by atoms with Crippen LogP contribution in [0.25, 0.3) is 11.0 Å². The number of aromatic amines is 1. The summed E-state index contributed by atoms with van der Waals surface area (Å²) in [5.41, 5.74) is 4.66. The second-order valence-electron chi connectivity index (χ2n) is 3.63. The van der Waals surface area contributed by atoms with Gasteiger partial charge in [-0.15, -0.1) is 0 Å².